The lowest BCUT2D eigenvalue weighted by Crippen LogP contribution is -2.25. The Labute approximate surface area is 150 Å². The third-order valence-corrected chi connectivity index (χ3v) is 4.62. The van der Waals surface area contributed by atoms with Gasteiger partial charge in [0.05, 0.1) is 5.75 Å². The average molecular weight is 392 g/mol. The van der Waals surface area contributed by atoms with Crippen molar-refractivity contribution in [3.63, 3.8) is 0 Å². The molecule has 0 spiro atoms. The first-order valence-electron chi connectivity index (χ1n) is 7.21. The smallest absolute Gasteiger partial charge is 0.406 e. The number of hydrogen-bond donors (Lipinski definition) is 2. The summed E-state index contributed by atoms with van der Waals surface area (Å²) in [6.07, 6.45) is -3.85. The van der Waals surface area contributed by atoms with Crippen LogP contribution in [0.1, 0.15) is 13.3 Å². The molecule has 1 aromatic carbocycles. The molecule has 1 amide bonds. The first-order chi connectivity index (χ1) is 11.9. The van der Waals surface area contributed by atoms with Gasteiger partial charge >= 0.3 is 6.36 Å². The summed E-state index contributed by atoms with van der Waals surface area (Å²) in [6, 6.07) is 5.27. The SMILES string of the molecule is CCCNC(=O)CSc1nnc(Nc2ccc(OC(F)(F)F)cc2)s1. The summed E-state index contributed by atoms with van der Waals surface area (Å²) in [5.74, 6) is -0.126. The van der Waals surface area contributed by atoms with Crippen molar-refractivity contribution in [2.24, 2.45) is 0 Å². The number of ether oxygens (including phenoxy) is 1. The molecule has 0 aliphatic carbocycles. The Kier molecular flexibility index (Phi) is 6.88. The van der Waals surface area contributed by atoms with Crippen LogP contribution in [0.25, 0.3) is 0 Å². The van der Waals surface area contributed by atoms with Gasteiger partial charge in [-0.3, -0.25) is 4.79 Å². The number of hydrogen-bond acceptors (Lipinski definition) is 7. The van der Waals surface area contributed by atoms with E-state index in [0.29, 0.717) is 21.7 Å². The molecule has 0 aliphatic rings. The summed E-state index contributed by atoms with van der Waals surface area (Å²) in [5.41, 5.74) is 0.544. The third kappa shape index (κ3) is 7.18. The number of rotatable bonds is 8. The van der Waals surface area contributed by atoms with Crippen molar-refractivity contribution in [3.8, 4) is 5.75 Å². The summed E-state index contributed by atoms with van der Waals surface area (Å²) in [7, 11) is 0. The monoisotopic (exact) mass is 392 g/mol. The van der Waals surface area contributed by atoms with Crippen molar-refractivity contribution in [2.75, 3.05) is 17.6 Å². The molecule has 2 aromatic rings. The Morgan fingerprint density at radius 2 is 2.00 bits per heavy atom. The van der Waals surface area contributed by atoms with Crippen LogP contribution in [-0.4, -0.2) is 34.8 Å². The number of alkyl halides is 3. The molecule has 1 heterocycles. The molecule has 25 heavy (non-hydrogen) atoms. The summed E-state index contributed by atoms with van der Waals surface area (Å²) in [4.78, 5) is 11.5. The van der Waals surface area contributed by atoms with Crippen LogP contribution in [-0.2, 0) is 4.79 Å². The largest absolute Gasteiger partial charge is 0.573 e. The predicted octanol–water partition coefficient (Wildman–Crippen LogP) is 3.80. The molecule has 1 aromatic heterocycles. The van der Waals surface area contributed by atoms with Gasteiger partial charge in [0.15, 0.2) is 4.34 Å². The molecule has 0 atom stereocenters. The minimum atomic E-state index is -4.72. The van der Waals surface area contributed by atoms with Crippen molar-refractivity contribution in [2.45, 2.75) is 24.0 Å². The Morgan fingerprint density at radius 3 is 2.64 bits per heavy atom. The molecular formula is C14H15F3N4O2S2. The second-order valence-corrected chi connectivity index (χ2v) is 6.91. The number of anilines is 2. The summed E-state index contributed by atoms with van der Waals surface area (Å²) in [5, 5.41) is 14.0. The highest BCUT2D eigenvalue weighted by atomic mass is 32.2. The van der Waals surface area contributed by atoms with Gasteiger partial charge in [-0.15, -0.1) is 23.4 Å². The number of benzene rings is 1. The second kappa shape index (κ2) is 8.90. The number of nitrogens with zero attached hydrogens (tertiary/aromatic N) is 2. The zero-order valence-corrected chi connectivity index (χ0v) is 14.7. The summed E-state index contributed by atoms with van der Waals surface area (Å²) >= 11 is 2.51. The normalized spacial score (nSPS) is 11.2. The number of carbonyl (C=O) groups excluding carboxylic acids is 1. The average Bonchev–Trinajstić information content (AvgIpc) is 2.99. The lowest BCUT2D eigenvalue weighted by molar-refractivity contribution is -0.274. The minimum absolute atomic E-state index is 0.0724. The zero-order chi connectivity index (χ0) is 18.3. The maximum Gasteiger partial charge on any atom is 0.573 e. The van der Waals surface area contributed by atoms with E-state index in [1.165, 1.54) is 47.4 Å². The van der Waals surface area contributed by atoms with E-state index in [2.05, 4.69) is 25.6 Å². The fourth-order valence-corrected chi connectivity index (χ4v) is 3.23. The maximum absolute atomic E-state index is 12.1. The van der Waals surface area contributed by atoms with Crippen molar-refractivity contribution in [1.29, 1.82) is 0 Å². The summed E-state index contributed by atoms with van der Waals surface area (Å²) in [6.45, 7) is 2.61. The van der Waals surface area contributed by atoms with E-state index < -0.39 is 6.36 Å². The van der Waals surface area contributed by atoms with Crippen molar-refractivity contribution < 1.29 is 22.7 Å². The van der Waals surface area contributed by atoms with Gasteiger partial charge in [-0.1, -0.05) is 30.0 Å². The van der Waals surface area contributed by atoms with Crippen LogP contribution in [0.3, 0.4) is 0 Å². The van der Waals surface area contributed by atoms with Gasteiger partial charge in [-0.25, -0.2) is 0 Å². The number of nitrogens with one attached hydrogen (secondary N) is 2. The van der Waals surface area contributed by atoms with Crippen LogP contribution in [0.15, 0.2) is 28.6 Å². The minimum Gasteiger partial charge on any atom is -0.406 e. The molecular weight excluding hydrogens is 377 g/mol. The Morgan fingerprint density at radius 1 is 1.28 bits per heavy atom. The lowest BCUT2D eigenvalue weighted by atomic mass is 10.3. The fraction of sp³-hybridized carbons (Fsp3) is 0.357. The molecule has 0 saturated carbocycles. The highest BCUT2D eigenvalue weighted by molar-refractivity contribution is 8.01. The molecule has 2 N–H and O–H groups in total. The van der Waals surface area contributed by atoms with Gasteiger partial charge < -0.3 is 15.4 Å². The first-order valence-corrected chi connectivity index (χ1v) is 9.02. The van der Waals surface area contributed by atoms with Crippen molar-refractivity contribution >= 4 is 39.8 Å². The number of carbonyl (C=O) groups is 1. The van der Waals surface area contributed by atoms with E-state index in [1.807, 2.05) is 6.92 Å². The molecule has 0 bridgehead atoms. The van der Waals surface area contributed by atoms with E-state index >= 15 is 0 Å². The van der Waals surface area contributed by atoms with Gasteiger partial charge in [-0.2, -0.15) is 0 Å². The molecule has 0 aliphatic heterocycles. The van der Waals surface area contributed by atoms with E-state index in [-0.39, 0.29) is 17.4 Å². The summed E-state index contributed by atoms with van der Waals surface area (Å²) < 4.78 is 40.7. The number of thioether (sulfide) groups is 1. The van der Waals surface area contributed by atoms with Gasteiger partial charge in [0, 0.05) is 12.2 Å². The Hall–Kier alpha value is -2.01. The molecule has 11 heteroatoms. The second-order valence-electron chi connectivity index (χ2n) is 4.71. The highest BCUT2D eigenvalue weighted by Crippen LogP contribution is 2.29. The molecule has 6 nitrogen and oxygen atoms in total. The molecule has 0 unspecified atom stereocenters. The third-order valence-electron chi connectivity index (χ3n) is 2.64. The van der Waals surface area contributed by atoms with Crippen LogP contribution in [0.2, 0.25) is 0 Å². The predicted molar refractivity (Wildman–Crippen MR) is 90.3 cm³/mol. The van der Waals surface area contributed by atoms with E-state index in [9.17, 15) is 18.0 Å². The molecule has 136 valence electrons. The van der Waals surface area contributed by atoms with Gasteiger partial charge in [-0.05, 0) is 30.7 Å². The Balaban J connectivity index is 1.85. The van der Waals surface area contributed by atoms with Gasteiger partial charge in [0.2, 0.25) is 11.0 Å². The standard InChI is InChI=1S/C14H15F3N4O2S2/c1-2-7-18-11(22)8-24-13-21-20-12(25-13)19-9-3-5-10(6-4-9)23-14(15,16)17/h3-6H,2,7-8H2,1H3,(H,18,22)(H,19,20). The van der Waals surface area contributed by atoms with Crippen LogP contribution in [0.4, 0.5) is 24.0 Å². The first kappa shape index (κ1) is 19.3. The quantitative estimate of drug-likeness (QED) is 0.666. The molecule has 0 saturated heterocycles. The zero-order valence-electron chi connectivity index (χ0n) is 13.1. The topological polar surface area (TPSA) is 76.1 Å². The van der Waals surface area contributed by atoms with E-state index in [1.54, 1.807) is 0 Å². The molecule has 0 fully saturated rings. The van der Waals surface area contributed by atoms with Crippen LogP contribution in [0, 0.1) is 0 Å². The Bertz CT molecular complexity index is 692. The van der Waals surface area contributed by atoms with Crippen LogP contribution >= 0.6 is 23.1 Å². The van der Waals surface area contributed by atoms with Gasteiger partial charge in [0.25, 0.3) is 0 Å². The molecule has 2 rings (SSSR count). The molecule has 0 radical (unpaired) electrons. The van der Waals surface area contributed by atoms with Crippen molar-refractivity contribution in [1.82, 2.24) is 15.5 Å². The van der Waals surface area contributed by atoms with Gasteiger partial charge in [0.1, 0.15) is 5.75 Å². The maximum atomic E-state index is 12.1. The van der Waals surface area contributed by atoms with E-state index in [4.69, 9.17) is 0 Å². The highest BCUT2D eigenvalue weighted by Gasteiger charge is 2.30. The number of halogens is 3. The van der Waals surface area contributed by atoms with Crippen molar-refractivity contribution in [3.05, 3.63) is 24.3 Å². The van der Waals surface area contributed by atoms with Crippen LogP contribution in [0.5, 0.6) is 5.75 Å². The van der Waals surface area contributed by atoms with Crippen LogP contribution < -0.4 is 15.4 Å². The fourth-order valence-electron chi connectivity index (χ4n) is 1.62. The lowest BCUT2D eigenvalue weighted by Gasteiger charge is -2.09. The number of amides is 1. The van der Waals surface area contributed by atoms with E-state index in [0.717, 1.165) is 6.42 Å². The number of aromatic nitrogens is 2.